The van der Waals surface area contributed by atoms with Crippen LogP contribution >= 0.6 is 11.8 Å². The van der Waals surface area contributed by atoms with E-state index in [4.69, 9.17) is 4.74 Å². The summed E-state index contributed by atoms with van der Waals surface area (Å²) in [6.45, 7) is 4.67. The van der Waals surface area contributed by atoms with Gasteiger partial charge < -0.3 is 10.1 Å². The monoisotopic (exact) mass is 432 g/mol. The maximum absolute atomic E-state index is 13.3. The Hall–Kier alpha value is -2.23. The van der Waals surface area contributed by atoms with E-state index in [1.165, 1.54) is 23.9 Å². The summed E-state index contributed by atoms with van der Waals surface area (Å²) >= 11 is 1.27. The molecule has 1 amide bonds. The Balaban J connectivity index is 1.41. The van der Waals surface area contributed by atoms with Gasteiger partial charge in [-0.25, -0.2) is 9.18 Å². The molecule has 9 heteroatoms. The molecule has 1 aromatic heterocycles. The molecule has 0 radical (unpaired) electrons. The van der Waals surface area contributed by atoms with Gasteiger partial charge in [0.15, 0.2) is 0 Å². The first-order valence-electron chi connectivity index (χ1n) is 10.2. The van der Waals surface area contributed by atoms with Crippen LogP contribution in [0.25, 0.3) is 0 Å². The van der Waals surface area contributed by atoms with Gasteiger partial charge in [0.2, 0.25) is 5.91 Å². The first kappa shape index (κ1) is 21.0. The molecule has 1 fully saturated rings. The number of rotatable bonds is 7. The smallest absolute Gasteiger partial charge is 0.348 e. The van der Waals surface area contributed by atoms with Crippen LogP contribution in [0.4, 0.5) is 10.1 Å². The van der Waals surface area contributed by atoms with Gasteiger partial charge in [0.25, 0.3) is 0 Å². The quantitative estimate of drug-likeness (QED) is 0.532. The third kappa shape index (κ3) is 5.08. The fourth-order valence-electron chi connectivity index (χ4n) is 3.90. The zero-order chi connectivity index (χ0) is 20.9. The molecule has 0 saturated carbocycles. The van der Waals surface area contributed by atoms with Crippen molar-refractivity contribution in [1.29, 1.82) is 0 Å². The van der Waals surface area contributed by atoms with Gasteiger partial charge in [0, 0.05) is 43.1 Å². The number of morpholine rings is 1. The number of hydrogen-bond acceptors (Lipinski definition) is 6. The van der Waals surface area contributed by atoms with Gasteiger partial charge in [-0.1, -0.05) is 17.8 Å². The van der Waals surface area contributed by atoms with Crippen LogP contribution in [0.1, 0.15) is 17.7 Å². The molecule has 0 atom stereocenters. The van der Waals surface area contributed by atoms with E-state index in [0.29, 0.717) is 17.3 Å². The van der Waals surface area contributed by atoms with Crippen LogP contribution in [0.15, 0.2) is 34.1 Å². The van der Waals surface area contributed by atoms with Crippen LogP contribution in [-0.2, 0) is 28.9 Å². The van der Waals surface area contributed by atoms with E-state index in [1.54, 1.807) is 16.7 Å². The number of carbonyl (C=O) groups is 1. The molecule has 2 aliphatic rings. The van der Waals surface area contributed by atoms with Crippen LogP contribution in [0.3, 0.4) is 0 Å². The number of anilines is 1. The third-order valence-electron chi connectivity index (χ3n) is 5.39. The number of thioether (sulfide) groups is 1. The molecule has 2 heterocycles. The number of halogens is 1. The topological polar surface area (TPSA) is 76.5 Å². The molecular formula is C21H25FN4O3S. The fourth-order valence-corrected chi connectivity index (χ4v) is 4.78. The van der Waals surface area contributed by atoms with Crippen molar-refractivity contribution >= 4 is 23.4 Å². The van der Waals surface area contributed by atoms with Crippen molar-refractivity contribution in [3.63, 3.8) is 0 Å². The predicted molar refractivity (Wildman–Crippen MR) is 114 cm³/mol. The highest BCUT2D eigenvalue weighted by atomic mass is 32.2. The molecule has 160 valence electrons. The molecule has 0 bridgehead atoms. The number of fused-ring (bicyclic) bond motifs is 1. The zero-order valence-electron chi connectivity index (χ0n) is 16.7. The number of carbonyl (C=O) groups excluding carboxylic acids is 1. The van der Waals surface area contributed by atoms with Crippen LogP contribution in [0.2, 0.25) is 0 Å². The molecule has 0 unspecified atom stereocenters. The Morgan fingerprint density at radius 3 is 2.87 bits per heavy atom. The summed E-state index contributed by atoms with van der Waals surface area (Å²) < 4.78 is 20.4. The van der Waals surface area contributed by atoms with E-state index in [-0.39, 0.29) is 17.3 Å². The molecule has 1 aliphatic heterocycles. The van der Waals surface area contributed by atoms with Crippen molar-refractivity contribution in [2.24, 2.45) is 0 Å². The first-order chi connectivity index (χ1) is 14.6. The Morgan fingerprint density at radius 2 is 2.07 bits per heavy atom. The summed E-state index contributed by atoms with van der Waals surface area (Å²) in [6, 6.07) is 5.78. The minimum Gasteiger partial charge on any atom is -0.379 e. The van der Waals surface area contributed by atoms with E-state index < -0.39 is 5.82 Å². The highest BCUT2D eigenvalue weighted by Crippen LogP contribution is 2.29. The van der Waals surface area contributed by atoms with Crippen LogP contribution < -0.4 is 11.0 Å². The standard InChI is InChI=1S/C21H25FN4O3S/c22-15-3-1-4-16(13-15)23-19(27)14-30-20-17-5-2-6-18(17)26(21(28)24-20)8-7-25-9-11-29-12-10-25/h1,3-4,13H,2,5-12,14H2,(H,23,27). The highest BCUT2D eigenvalue weighted by Gasteiger charge is 2.23. The lowest BCUT2D eigenvalue weighted by molar-refractivity contribution is -0.113. The lowest BCUT2D eigenvalue weighted by Gasteiger charge is -2.27. The number of nitrogens with one attached hydrogen (secondary N) is 1. The lowest BCUT2D eigenvalue weighted by Crippen LogP contribution is -2.40. The normalized spacial score (nSPS) is 16.4. The van der Waals surface area contributed by atoms with Crippen LogP contribution in [0.5, 0.6) is 0 Å². The Morgan fingerprint density at radius 1 is 1.23 bits per heavy atom. The lowest BCUT2D eigenvalue weighted by atomic mass is 10.2. The van der Waals surface area contributed by atoms with Crippen LogP contribution in [-0.4, -0.2) is 59.0 Å². The third-order valence-corrected chi connectivity index (χ3v) is 6.41. The van der Waals surface area contributed by atoms with Crippen molar-refractivity contribution in [3.05, 3.63) is 51.8 Å². The molecular weight excluding hydrogens is 407 g/mol. The summed E-state index contributed by atoms with van der Waals surface area (Å²) in [6.07, 6.45) is 2.72. The number of ether oxygens (including phenoxy) is 1. The van der Waals surface area contributed by atoms with E-state index >= 15 is 0 Å². The summed E-state index contributed by atoms with van der Waals surface area (Å²) in [5.74, 6) is -0.538. The summed E-state index contributed by atoms with van der Waals surface area (Å²) in [5.41, 5.74) is 2.30. The molecule has 1 saturated heterocycles. The highest BCUT2D eigenvalue weighted by molar-refractivity contribution is 8.00. The van der Waals surface area contributed by atoms with Gasteiger partial charge in [-0.05, 0) is 37.5 Å². The molecule has 1 aliphatic carbocycles. The molecule has 1 aromatic carbocycles. The Labute approximate surface area is 178 Å². The predicted octanol–water partition coefficient (Wildman–Crippen LogP) is 1.93. The number of amides is 1. The average molecular weight is 433 g/mol. The van der Waals surface area contributed by atoms with Crippen molar-refractivity contribution in [3.8, 4) is 0 Å². The number of hydrogen-bond donors (Lipinski definition) is 1. The van der Waals surface area contributed by atoms with Crippen LogP contribution in [0, 0.1) is 5.82 Å². The fraction of sp³-hybridized carbons (Fsp3) is 0.476. The second kappa shape index (κ2) is 9.72. The number of aromatic nitrogens is 2. The number of benzene rings is 1. The van der Waals surface area contributed by atoms with E-state index in [0.717, 1.165) is 63.4 Å². The van der Waals surface area contributed by atoms with Gasteiger partial charge in [-0.15, -0.1) is 0 Å². The van der Waals surface area contributed by atoms with Gasteiger partial charge in [0.05, 0.1) is 19.0 Å². The van der Waals surface area contributed by atoms with Crippen molar-refractivity contribution in [1.82, 2.24) is 14.5 Å². The molecule has 0 spiro atoms. The summed E-state index contributed by atoms with van der Waals surface area (Å²) in [4.78, 5) is 31.5. The minimum atomic E-state index is -0.402. The SMILES string of the molecule is O=C(CSc1nc(=O)n(CCN2CCOCC2)c2c1CCC2)Nc1cccc(F)c1. The largest absolute Gasteiger partial charge is 0.379 e. The second-order valence-corrected chi connectivity index (χ2v) is 8.40. The Kier molecular flexibility index (Phi) is 6.81. The van der Waals surface area contributed by atoms with Gasteiger partial charge >= 0.3 is 5.69 Å². The van der Waals surface area contributed by atoms with E-state index in [2.05, 4.69) is 15.2 Å². The molecule has 2 aromatic rings. The van der Waals surface area contributed by atoms with E-state index in [1.807, 2.05) is 0 Å². The molecule has 4 rings (SSSR count). The summed E-state index contributed by atoms with van der Waals surface area (Å²) in [5, 5.41) is 3.32. The van der Waals surface area contributed by atoms with Crippen molar-refractivity contribution < 1.29 is 13.9 Å². The van der Waals surface area contributed by atoms with Gasteiger partial charge in [-0.2, -0.15) is 4.98 Å². The molecule has 30 heavy (non-hydrogen) atoms. The minimum absolute atomic E-state index is 0.118. The zero-order valence-corrected chi connectivity index (χ0v) is 17.5. The first-order valence-corrected chi connectivity index (χ1v) is 11.2. The van der Waals surface area contributed by atoms with Crippen molar-refractivity contribution in [2.45, 2.75) is 30.8 Å². The Bertz CT molecular complexity index is 975. The van der Waals surface area contributed by atoms with Gasteiger partial charge in [-0.3, -0.25) is 14.3 Å². The molecule has 1 N–H and O–H groups in total. The van der Waals surface area contributed by atoms with Crippen molar-refractivity contribution in [2.75, 3.05) is 43.9 Å². The molecule has 7 nitrogen and oxygen atoms in total. The average Bonchev–Trinajstić information content (AvgIpc) is 3.22. The maximum Gasteiger partial charge on any atom is 0.348 e. The van der Waals surface area contributed by atoms with E-state index in [9.17, 15) is 14.0 Å². The van der Waals surface area contributed by atoms with Gasteiger partial charge in [0.1, 0.15) is 10.8 Å². The second-order valence-electron chi connectivity index (χ2n) is 7.43. The summed E-state index contributed by atoms with van der Waals surface area (Å²) in [7, 11) is 0. The maximum atomic E-state index is 13.3. The number of nitrogens with zero attached hydrogens (tertiary/aromatic N) is 3.